The zero-order chi connectivity index (χ0) is 14.4. The molecule has 0 radical (unpaired) electrons. The highest BCUT2D eigenvalue weighted by atomic mass is 19.4. The molecule has 0 unspecified atom stereocenters. The minimum Gasteiger partial charge on any atom is -0.303 e. The first-order valence-electron chi connectivity index (χ1n) is 5.89. The van der Waals surface area contributed by atoms with Crippen LogP contribution in [-0.2, 0) is 16.4 Å². The summed E-state index contributed by atoms with van der Waals surface area (Å²) in [6.45, 7) is 7.65. The summed E-state index contributed by atoms with van der Waals surface area (Å²) in [5.74, 6) is 0. The molecule has 0 aliphatic heterocycles. The molecule has 18 heavy (non-hydrogen) atoms. The molecule has 0 saturated carbocycles. The highest BCUT2D eigenvalue weighted by Gasteiger charge is 2.30. The van der Waals surface area contributed by atoms with Gasteiger partial charge in [0.05, 0.1) is 5.56 Å². The molecule has 4 heteroatoms. The molecular formula is C14H19F3O. The summed E-state index contributed by atoms with van der Waals surface area (Å²) in [4.78, 5) is 10.4. The Morgan fingerprint density at radius 2 is 1.39 bits per heavy atom. The van der Waals surface area contributed by atoms with E-state index in [0.29, 0.717) is 6.42 Å². The predicted octanol–water partition coefficient (Wildman–Crippen LogP) is 4.60. The number of rotatable bonds is 3. The second-order valence-electron chi connectivity index (χ2n) is 4.33. The van der Waals surface area contributed by atoms with Gasteiger partial charge in [-0.3, -0.25) is 0 Å². The van der Waals surface area contributed by atoms with Crippen LogP contribution in [0.2, 0.25) is 0 Å². The van der Waals surface area contributed by atoms with Gasteiger partial charge in [0.2, 0.25) is 0 Å². The lowest BCUT2D eigenvalue weighted by atomic mass is 9.82. The Hall–Kier alpha value is -1.32. The van der Waals surface area contributed by atoms with Gasteiger partial charge in [0, 0.05) is 6.42 Å². The molecule has 0 bridgehead atoms. The van der Waals surface area contributed by atoms with Gasteiger partial charge in [0.15, 0.2) is 0 Å². The van der Waals surface area contributed by atoms with E-state index in [2.05, 4.69) is 0 Å². The molecule has 1 rings (SSSR count). The standard InChI is InChI=1S/C12H13F3O.C2H6/c1-11(2,7-8-16)9-3-5-10(6-4-9)12(13,14)15;1-2/h3-6,8H,7H2,1-2H3;1-2H3. The van der Waals surface area contributed by atoms with Crippen LogP contribution >= 0.6 is 0 Å². The van der Waals surface area contributed by atoms with Crippen LogP contribution in [0.5, 0.6) is 0 Å². The predicted molar refractivity (Wildman–Crippen MR) is 66.5 cm³/mol. The van der Waals surface area contributed by atoms with Gasteiger partial charge in [0.25, 0.3) is 0 Å². The molecular weight excluding hydrogens is 241 g/mol. The molecule has 0 atom stereocenters. The summed E-state index contributed by atoms with van der Waals surface area (Å²) in [5, 5.41) is 0. The fourth-order valence-corrected chi connectivity index (χ4v) is 1.44. The third kappa shape index (κ3) is 4.51. The second kappa shape index (κ2) is 6.57. The van der Waals surface area contributed by atoms with Crippen LogP contribution in [0.3, 0.4) is 0 Å². The molecule has 0 saturated heterocycles. The van der Waals surface area contributed by atoms with Gasteiger partial charge in [-0.15, -0.1) is 0 Å². The zero-order valence-electron chi connectivity index (χ0n) is 11.1. The van der Waals surface area contributed by atoms with E-state index in [1.54, 1.807) is 0 Å². The average molecular weight is 260 g/mol. The molecule has 0 spiro atoms. The van der Waals surface area contributed by atoms with E-state index >= 15 is 0 Å². The van der Waals surface area contributed by atoms with E-state index in [-0.39, 0.29) is 0 Å². The Kier molecular flexibility index (Phi) is 6.09. The summed E-state index contributed by atoms with van der Waals surface area (Å²) in [6.07, 6.45) is -3.25. The van der Waals surface area contributed by atoms with Crippen LogP contribution in [0.15, 0.2) is 24.3 Å². The monoisotopic (exact) mass is 260 g/mol. The first-order valence-corrected chi connectivity index (χ1v) is 5.89. The molecule has 102 valence electrons. The first kappa shape index (κ1) is 16.7. The van der Waals surface area contributed by atoms with Crippen molar-refractivity contribution in [1.29, 1.82) is 0 Å². The van der Waals surface area contributed by atoms with Crippen molar-refractivity contribution in [3.05, 3.63) is 35.4 Å². The van der Waals surface area contributed by atoms with Gasteiger partial charge < -0.3 is 4.79 Å². The SMILES string of the molecule is CC.CC(C)(CC=O)c1ccc(C(F)(F)F)cc1. The van der Waals surface area contributed by atoms with E-state index in [0.717, 1.165) is 24.0 Å². The van der Waals surface area contributed by atoms with Gasteiger partial charge >= 0.3 is 6.18 Å². The van der Waals surface area contributed by atoms with E-state index in [1.165, 1.54) is 12.1 Å². The van der Waals surface area contributed by atoms with Crippen molar-refractivity contribution < 1.29 is 18.0 Å². The summed E-state index contributed by atoms with van der Waals surface area (Å²) >= 11 is 0. The molecule has 1 nitrogen and oxygen atoms in total. The van der Waals surface area contributed by atoms with Crippen molar-refractivity contribution in [2.75, 3.05) is 0 Å². The van der Waals surface area contributed by atoms with Crippen molar-refractivity contribution in [2.24, 2.45) is 0 Å². The lowest BCUT2D eigenvalue weighted by Crippen LogP contribution is -2.18. The summed E-state index contributed by atoms with van der Waals surface area (Å²) in [5.41, 5.74) is -0.364. The number of carbonyl (C=O) groups is 1. The molecule has 1 aromatic carbocycles. The first-order chi connectivity index (χ1) is 8.27. The Labute approximate surface area is 106 Å². The number of aldehydes is 1. The number of alkyl halides is 3. The van der Waals surface area contributed by atoms with Gasteiger partial charge in [-0.1, -0.05) is 39.8 Å². The maximum atomic E-state index is 12.3. The van der Waals surface area contributed by atoms with Crippen LogP contribution in [0.4, 0.5) is 13.2 Å². The largest absolute Gasteiger partial charge is 0.416 e. The summed E-state index contributed by atoms with van der Waals surface area (Å²) in [6, 6.07) is 4.93. The number of hydrogen-bond donors (Lipinski definition) is 0. The highest BCUT2D eigenvalue weighted by molar-refractivity contribution is 5.53. The summed E-state index contributed by atoms with van der Waals surface area (Å²) < 4.78 is 36.9. The Morgan fingerprint density at radius 1 is 1.00 bits per heavy atom. The number of hydrogen-bond acceptors (Lipinski definition) is 1. The second-order valence-corrected chi connectivity index (χ2v) is 4.33. The van der Waals surface area contributed by atoms with Crippen molar-refractivity contribution in [3.8, 4) is 0 Å². The van der Waals surface area contributed by atoms with E-state index in [1.807, 2.05) is 27.7 Å². The highest BCUT2D eigenvalue weighted by Crippen LogP contribution is 2.32. The zero-order valence-corrected chi connectivity index (χ0v) is 11.1. The van der Waals surface area contributed by atoms with Crippen LogP contribution in [0, 0.1) is 0 Å². The van der Waals surface area contributed by atoms with Crippen molar-refractivity contribution in [2.45, 2.75) is 45.7 Å². The molecule has 1 aromatic rings. The van der Waals surface area contributed by atoms with Crippen molar-refractivity contribution >= 4 is 6.29 Å². The molecule has 0 amide bonds. The number of halogens is 3. The normalized spacial score (nSPS) is 11.5. The Bertz CT molecular complexity index is 364. The molecule has 0 heterocycles. The third-order valence-corrected chi connectivity index (χ3v) is 2.59. The van der Waals surface area contributed by atoms with Crippen LogP contribution in [-0.4, -0.2) is 6.29 Å². The smallest absolute Gasteiger partial charge is 0.303 e. The van der Waals surface area contributed by atoms with Gasteiger partial charge in [-0.2, -0.15) is 13.2 Å². The van der Waals surface area contributed by atoms with Gasteiger partial charge in [-0.05, 0) is 23.1 Å². The fraction of sp³-hybridized carbons (Fsp3) is 0.500. The maximum absolute atomic E-state index is 12.3. The molecule has 0 N–H and O–H groups in total. The fourth-order valence-electron chi connectivity index (χ4n) is 1.44. The van der Waals surface area contributed by atoms with E-state index in [9.17, 15) is 18.0 Å². The topological polar surface area (TPSA) is 17.1 Å². The van der Waals surface area contributed by atoms with Gasteiger partial charge in [-0.25, -0.2) is 0 Å². The number of carbonyl (C=O) groups excluding carboxylic acids is 1. The maximum Gasteiger partial charge on any atom is 0.416 e. The minimum atomic E-state index is -4.31. The van der Waals surface area contributed by atoms with E-state index in [4.69, 9.17) is 0 Å². The average Bonchev–Trinajstić information content (AvgIpc) is 2.31. The van der Waals surface area contributed by atoms with Crippen LogP contribution in [0.25, 0.3) is 0 Å². The Balaban J connectivity index is 0.00000137. The minimum absolute atomic E-state index is 0.290. The van der Waals surface area contributed by atoms with Crippen molar-refractivity contribution in [3.63, 3.8) is 0 Å². The van der Waals surface area contributed by atoms with Gasteiger partial charge in [0.1, 0.15) is 6.29 Å². The van der Waals surface area contributed by atoms with Crippen LogP contribution in [0.1, 0.15) is 45.2 Å². The Morgan fingerprint density at radius 3 is 1.72 bits per heavy atom. The molecule has 0 aromatic heterocycles. The lowest BCUT2D eigenvalue weighted by Gasteiger charge is -2.22. The molecule has 0 fully saturated rings. The van der Waals surface area contributed by atoms with Crippen LogP contribution < -0.4 is 0 Å². The number of benzene rings is 1. The third-order valence-electron chi connectivity index (χ3n) is 2.59. The summed E-state index contributed by atoms with van der Waals surface area (Å²) in [7, 11) is 0. The molecule has 0 aliphatic rings. The van der Waals surface area contributed by atoms with Crippen molar-refractivity contribution in [1.82, 2.24) is 0 Å². The molecule has 0 aliphatic carbocycles. The quantitative estimate of drug-likeness (QED) is 0.726. The van der Waals surface area contributed by atoms with E-state index < -0.39 is 17.2 Å². The lowest BCUT2D eigenvalue weighted by molar-refractivity contribution is -0.137.